The van der Waals surface area contributed by atoms with Crippen LogP contribution >= 0.6 is 0 Å². The molecule has 1 aromatic carbocycles. The fourth-order valence-corrected chi connectivity index (χ4v) is 5.71. The zero-order valence-electron chi connectivity index (χ0n) is 16.8. The molecule has 0 bridgehead atoms. The Morgan fingerprint density at radius 3 is 2.76 bits per heavy atom. The predicted octanol–water partition coefficient (Wildman–Crippen LogP) is 6.12. The Morgan fingerprint density at radius 2 is 2.04 bits per heavy atom. The second-order valence-electron chi connectivity index (χ2n) is 9.27. The van der Waals surface area contributed by atoms with E-state index in [-0.39, 0.29) is 0 Å². The van der Waals surface area contributed by atoms with Gasteiger partial charge in [-0.3, -0.25) is 0 Å². The largest absolute Gasteiger partial charge is 0.330 e. The standard InChI is InChI=1S/C24H37N/c1-18(2)19-9-11-21-20(17-19)10-12-22-23(3,13-6-5-7-16-25)14-8-15-24(21,22)4/h6,9,11,13,17-18,22H,5,7-8,10,12,14-16,25H2,1-4H3/t22?,23-,24+/m0/s1. The van der Waals surface area contributed by atoms with Crippen molar-refractivity contribution >= 4 is 0 Å². The quantitative estimate of drug-likeness (QED) is 0.508. The molecule has 2 aliphatic carbocycles. The number of nitrogens with two attached hydrogens (primary N) is 1. The Bertz CT molecular complexity index is 629. The first-order valence-electron chi connectivity index (χ1n) is 10.4. The van der Waals surface area contributed by atoms with Crippen molar-refractivity contribution in [1.29, 1.82) is 0 Å². The maximum Gasteiger partial charge on any atom is -0.00360 e. The van der Waals surface area contributed by atoms with Gasteiger partial charge >= 0.3 is 0 Å². The number of unbranched alkanes of at least 4 members (excludes halogenated alkanes) is 1. The van der Waals surface area contributed by atoms with E-state index >= 15 is 0 Å². The van der Waals surface area contributed by atoms with E-state index in [1.807, 2.05) is 0 Å². The third-order valence-electron chi connectivity index (χ3n) is 7.16. The van der Waals surface area contributed by atoms with Crippen molar-refractivity contribution in [1.82, 2.24) is 0 Å². The summed E-state index contributed by atoms with van der Waals surface area (Å²) in [5.74, 6) is 1.39. The number of allylic oxidation sites excluding steroid dienone is 2. The first-order chi connectivity index (χ1) is 11.9. The smallest absolute Gasteiger partial charge is 0.00360 e. The summed E-state index contributed by atoms with van der Waals surface area (Å²) < 4.78 is 0. The van der Waals surface area contributed by atoms with Gasteiger partial charge in [0.1, 0.15) is 0 Å². The Kier molecular flexibility index (Phi) is 5.44. The molecule has 0 saturated heterocycles. The average Bonchev–Trinajstić information content (AvgIpc) is 2.58. The fraction of sp³-hybridized carbons (Fsp3) is 0.667. The second kappa shape index (κ2) is 7.27. The summed E-state index contributed by atoms with van der Waals surface area (Å²) in [6.07, 6.45) is 13.8. The minimum absolute atomic E-state index is 0.342. The number of fused-ring (bicyclic) bond motifs is 3. The van der Waals surface area contributed by atoms with Gasteiger partial charge in [0.05, 0.1) is 0 Å². The number of hydrogen-bond acceptors (Lipinski definition) is 1. The maximum absolute atomic E-state index is 5.66. The average molecular weight is 340 g/mol. The molecule has 1 fully saturated rings. The molecule has 0 aliphatic heterocycles. The van der Waals surface area contributed by atoms with Gasteiger partial charge < -0.3 is 5.73 Å². The summed E-state index contributed by atoms with van der Waals surface area (Å²) in [4.78, 5) is 0. The van der Waals surface area contributed by atoms with Crippen LogP contribution < -0.4 is 5.73 Å². The topological polar surface area (TPSA) is 26.0 Å². The van der Waals surface area contributed by atoms with Crippen LogP contribution in [0.25, 0.3) is 0 Å². The van der Waals surface area contributed by atoms with Gasteiger partial charge in [-0.2, -0.15) is 0 Å². The van der Waals surface area contributed by atoms with E-state index in [1.165, 1.54) is 37.7 Å². The highest BCUT2D eigenvalue weighted by molar-refractivity contribution is 5.42. The molecule has 3 atom stereocenters. The Balaban J connectivity index is 1.91. The van der Waals surface area contributed by atoms with Gasteiger partial charge in [0.15, 0.2) is 0 Å². The summed E-state index contributed by atoms with van der Waals surface area (Å²) in [5.41, 5.74) is 11.1. The molecule has 25 heavy (non-hydrogen) atoms. The van der Waals surface area contributed by atoms with Crippen molar-refractivity contribution in [2.75, 3.05) is 6.54 Å². The molecule has 0 heterocycles. The molecule has 1 heteroatoms. The van der Waals surface area contributed by atoms with Gasteiger partial charge in [0, 0.05) is 0 Å². The zero-order chi connectivity index (χ0) is 18.1. The van der Waals surface area contributed by atoms with E-state index in [0.717, 1.165) is 25.3 Å². The summed E-state index contributed by atoms with van der Waals surface area (Å²) in [6.45, 7) is 10.5. The Hall–Kier alpha value is -1.08. The molecule has 1 nitrogen and oxygen atoms in total. The third kappa shape index (κ3) is 3.45. The van der Waals surface area contributed by atoms with Gasteiger partial charge in [0.2, 0.25) is 0 Å². The predicted molar refractivity (Wildman–Crippen MR) is 109 cm³/mol. The molecule has 1 unspecified atom stereocenters. The molecular formula is C24H37N. The van der Waals surface area contributed by atoms with Gasteiger partial charge in [-0.1, -0.05) is 64.5 Å². The lowest BCUT2D eigenvalue weighted by molar-refractivity contribution is 0.0629. The van der Waals surface area contributed by atoms with Crippen LogP contribution in [0.3, 0.4) is 0 Å². The minimum atomic E-state index is 0.342. The number of aryl methyl sites for hydroxylation is 1. The second-order valence-corrected chi connectivity index (χ2v) is 9.27. The van der Waals surface area contributed by atoms with Crippen molar-refractivity contribution in [3.8, 4) is 0 Å². The highest BCUT2D eigenvalue weighted by Gasteiger charge is 2.50. The lowest BCUT2D eigenvalue weighted by Gasteiger charge is -2.54. The summed E-state index contributed by atoms with van der Waals surface area (Å²) in [5, 5.41) is 0. The summed E-state index contributed by atoms with van der Waals surface area (Å²) in [7, 11) is 0. The van der Waals surface area contributed by atoms with E-state index in [0.29, 0.717) is 16.7 Å². The van der Waals surface area contributed by atoms with E-state index in [9.17, 15) is 0 Å². The van der Waals surface area contributed by atoms with Crippen LogP contribution in [0.5, 0.6) is 0 Å². The summed E-state index contributed by atoms with van der Waals surface area (Å²) in [6, 6.07) is 7.37. The Labute approximate surface area is 155 Å². The van der Waals surface area contributed by atoms with E-state index in [1.54, 1.807) is 11.1 Å². The molecule has 0 aromatic heterocycles. The van der Waals surface area contributed by atoms with Crippen LogP contribution in [0.15, 0.2) is 30.4 Å². The lowest BCUT2D eigenvalue weighted by atomic mass is 9.49. The highest BCUT2D eigenvalue weighted by atomic mass is 14.5. The summed E-state index contributed by atoms with van der Waals surface area (Å²) >= 11 is 0. The van der Waals surface area contributed by atoms with Crippen LogP contribution in [-0.2, 0) is 11.8 Å². The zero-order valence-corrected chi connectivity index (χ0v) is 16.8. The molecule has 1 saturated carbocycles. The van der Waals surface area contributed by atoms with Crippen molar-refractivity contribution in [2.45, 2.75) is 84.0 Å². The van der Waals surface area contributed by atoms with Crippen LogP contribution in [0.2, 0.25) is 0 Å². The third-order valence-corrected chi connectivity index (χ3v) is 7.16. The minimum Gasteiger partial charge on any atom is -0.330 e. The first kappa shape index (κ1) is 18.7. The SMILES string of the molecule is CC(C)c1ccc2c(c1)CCC1[C@@](C)(C=CCCCN)CCC[C@]21C. The number of hydrogen-bond donors (Lipinski definition) is 1. The molecule has 3 rings (SSSR count). The van der Waals surface area contributed by atoms with Crippen LogP contribution in [0.4, 0.5) is 0 Å². The molecular weight excluding hydrogens is 302 g/mol. The van der Waals surface area contributed by atoms with Crippen molar-refractivity contribution in [3.05, 3.63) is 47.0 Å². The van der Waals surface area contributed by atoms with Gasteiger partial charge in [0.25, 0.3) is 0 Å². The molecule has 2 N–H and O–H groups in total. The van der Waals surface area contributed by atoms with Crippen LogP contribution in [0, 0.1) is 11.3 Å². The van der Waals surface area contributed by atoms with Gasteiger partial charge in [-0.05, 0) is 84.4 Å². The normalized spacial score (nSPS) is 32.0. The van der Waals surface area contributed by atoms with Crippen molar-refractivity contribution < 1.29 is 0 Å². The number of rotatable bonds is 5. The van der Waals surface area contributed by atoms with Crippen molar-refractivity contribution in [3.63, 3.8) is 0 Å². The van der Waals surface area contributed by atoms with E-state index < -0.39 is 0 Å². The molecule has 0 amide bonds. The molecule has 2 aliphatic rings. The van der Waals surface area contributed by atoms with Gasteiger partial charge in [-0.25, -0.2) is 0 Å². The maximum atomic E-state index is 5.66. The highest BCUT2D eigenvalue weighted by Crippen LogP contribution is 2.57. The lowest BCUT2D eigenvalue weighted by Crippen LogP contribution is -2.48. The molecule has 0 spiro atoms. The fourth-order valence-electron chi connectivity index (χ4n) is 5.71. The molecule has 1 aromatic rings. The van der Waals surface area contributed by atoms with Crippen molar-refractivity contribution in [2.24, 2.45) is 17.1 Å². The van der Waals surface area contributed by atoms with Crippen LogP contribution in [0.1, 0.15) is 88.8 Å². The monoisotopic (exact) mass is 339 g/mol. The number of benzene rings is 1. The van der Waals surface area contributed by atoms with E-state index in [2.05, 4.69) is 58.0 Å². The Morgan fingerprint density at radius 1 is 1.24 bits per heavy atom. The van der Waals surface area contributed by atoms with Crippen LogP contribution in [-0.4, -0.2) is 6.54 Å². The van der Waals surface area contributed by atoms with Gasteiger partial charge in [-0.15, -0.1) is 0 Å². The first-order valence-corrected chi connectivity index (χ1v) is 10.4. The van der Waals surface area contributed by atoms with E-state index in [4.69, 9.17) is 5.73 Å². The molecule has 0 radical (unpaired) electrons. The molecule has 138 valence electrons.